The zero-order chi connectivity index (χ0) is 13.4. The Hall–Kier alpha value is -0.420. The predicted octanol–water partition coefficient (Wildman–Crippen LogP) is 2.21. The number of likely N-dealkylation sites (N-methyl/N-ethyl adjacent to an activating group) is 1. The molecule has 3 atom stereocenters. The van der Waals surface area contributed by atoms with E-state index in [0.29, 0.717) is 12.2 Å². The van der Waals surface area contributed by atoms with Gasteiger partial charge in [-0.05, 0) is 39.6 Å². The van der Waals surface area contributed by atoms with Crippen molar-refractivity contribution < 1.29 is 4.74 Å². The molecule has 0 N–H and O–H groups in total. The highest BCUT2D eigenvalue weighted by atomic mass is 32.1. The van der Waals surface area contributed by atoms with E-state index in [0.717, 1.165) is 25.6 Å². The molecule has 3 heterocycles. The van der Waals surface area contributed by atoms with Crippen LogP contribution in [-0.4, -0.2) is 55.7 Å². The van der Waals surface area contributed by atoms with Crippen LogP contribution >= 0.6 is 11.3 Å². The van der Waals surface area contributed by atoms with E-state index in [1.165, 1.54) is 22.7 Å². The highest BCUT2D eigenvalue weighted by Gasteiger charge is 2.41. The van der Waals surface area contributed by atoms with Crippen LogP contribution in [0.1, 0.15) is 16.2 Å². The van der Waals surface area contributed by atoms with E-state index in [2.05, 4.69) is 43.0 Å². The fourth-order valence-electron chi connectivity index (χ4n) is 3.39. The molecule has 3 rings (SSSR count). The van der Waals surface area contributed by atoms with Crippen molar-refractivity contribution in [2.75, 3.05) is 33.7 Å². The third-order valence-electron chi connectivity index (χ3n) is 4.13. The molecule has 106 valence electrons. The number of hydrogen-bond donors (Lipinski definition) is 0. The number of fused-ring (bicyclic) bond motifs is 1. The number of hydrogen-bond acceptors (Lipinski definition) is 4. The molecule has 2 saturated heterocycles. The Kier molecular flexibility index (Phi) is 3.94. The van der Waals surface area contributed by atoms with Gasteiger partial charge >= 0.3 is 0 Å². The predicted molar refractivity (Wildman–Crippen MR) is 79.7 cm³/mol. The molecular formula is C15H24N2OS. The van der Waals surface area contributed by atoms with Gasteiger partial charge in [0.05, 0.1) is 12.2 Å². The molecule has 2 fully saturated rings. The standard InChI is InChI=1S/C15H24N2OS/c1-11-4-5-14(19-11)9-17-7-12-6-13(8-16(2)3)18-15(12)10-17/h4-5,12-13,15H,6-10H2,1-3H3/t12-,13-,15+/m0/s1. The lowest BCUT2D eigenvalue weighted by atomic mass is 10.0. The molecular weight excluding hydrogens is 256 g/mol. The highest BCUT2D eigenvalue weighted by molar-refractivity contribution is 7.11. The van der Waals surface area contributed by atoms with Crippen molar-refractivity contribution in [3.05, 3.63) is 21.9 Å². The molecule has 0 amide bonds. The lowest BCUT2D eigenvalue weighted by Gasteiger charge is -2.20. The van der Waals surface area contributed by atoms with E-state index >= 15 is 0 Å². The maximum Gasteiger partial charge on any atom is 0.0747 e. The van der Waals surface area contributed by atoms with Gasteiger partial charge in [0.25, 0.3) is 0 Å². The summed E-state index contributed by atoms with van der Waals surface area (Å²) in [5.41, 5.74) is 0. The van der Waals surface area contributed by atoms with Crippen molar-refractivity contribution in [3.8, 4) is 0 Å². The second-order valence-corrected chi connectivity index (χ2v) is 7.63. The molecule has 1 aromatic heterocycles. The normalized spacial score (nSPS) is 31.3. The van der Waals surface area contributed by atoms with Crippen LogP contribution in [0.15, 0.2) is 12.1 Å². The van der Waals surface area contributed by atoms with Gasteiger partial charge in [-0.3, -0.25) is 4.90 Å². The fraction of sp³-hybridized carbons (Fsp3) is 0.733. The average Bonchev–Trinajstić information content (AvgIpc) is 2.93. The molecule has 2 aliphatic heterocycles. The topological polar surface area (TPSA) is 15.7 Å². The lowest BCUT2D eigenvalue weighted by molar-refractivity contribution is 0.0250. The summed E-state index contributed by atoms with van der Waals surface area (Å²) >= 11 is 1.92. The maximum atomic E-state index is 6.19. The van der Waals surface area contributed by atoms with Crippen LogP contribution in [0.5, 0.6) is 0 Å². The van der Waals surface area contributed by atoms with Gasteiger partial charge in [-0.25, -0.2) is 0 Å². The SMILES string of the molecule is Cc1ccc(CN2C[C@@H]3C[C@@H](CN(C)C)O[C@@H]3C2)s1. The van der Waals surface area contributed by atoms with Crippen LogP contribution in [0.25, 0.3) is 0 Å². The first-order valence-electron chi connectivity index (χ1n) is 7.18. The number of ether oxygens (including phenoxy) is 1. The van der Waals surface area contributed by atoms with Gasteiger partial charge in [-0.1, -0.05) is 0 Å². The second kappa shape index (κ2) is 5.52. The van der Waals surface area contributed by atoms with Gasteiger partial charge < -0.3 is 9.64 Å². The maximum absolute atomic E-state index is 6.19. The van der Waals surface area contributed by atoms with Gasteiger partial charge in [0.2, 0.25) is 0 Å². The van der Waals surface area contributed by atoms with Gasteiger partial charge in [0, 0.05) is 41.9 Å². The number of thiophene rings is 1. The van der Waals surface area contributed by atoms with Gasteiger partial charge in [-0.15, -0.1) is 11.3 Å². The zero-order valence-corrected chi connectivity index (χ0v) is 12.9. The van der Waals surface area contributed by atoms with Crippen molar-refractivity contribution in [3.63, 3.8) is 0 Å². The molecule has 0 radical (unpaired) electrons. The first-order chi connectivity index (χ1) is 9.10. The van der Waals surface area contributed by atoms with Crippen molar-refractivity contribution >= 4 is 11.3 Å². The number of aryl methyl sites for hydroxylation is 1. The number of likely N-dealkylation sites (tertiary alicyclic amines) is 1. The Labute approximate surface area is 120 Å². The summed E-state index contributed by atoms with van der Waals surface area (Å²) in [6.45, 7) is 6.68. The largest absolute Gasteiger partial charge is 0.372 e. The lowest BCUT2D eigenvalue weighted by Crippen LogP contribution is -2.29. The monoisotopic (exact) mass is 280 g/mol. The van der Waals surface area contributed by atoms with E-state index in [-0.39, 0.29) is 0 Å². The molecule has 1 aromatic rings. The molecule has 4 heteroatoms. The Bertz CT molecular complexity index is 418. The fourth-order valence-corrected chi connectivity index (χ4v) is 4.33. The molecule has 0 unspecified atom stereocenters. The summed E-state index contributed by atoms with van der Waals surface area (Å²) in [5, 5.41) is 0. The van der Waals surface area contributed by atoms with E-state index < -0.39 is 0 Å². The van der Waals surface area contributed by atoms with Gasteiger partial charge in [-0.2, -0.15) is 0 Å². The summed E-state index contributed by atoms with van der Waals surface area (Å²) in [7, 11) is 4.26. The second-order valence-electron chi connectivity index (χ2n) is 6.26. The highest BCUT2D eigenvalue weighted by Crippen LogP contribution is 2.34. The summed E-state index contributed by atoms with van der Waals surface area (Å²) in [6, 6.07) is 4.49. The summed E-state index contributed by atoms with van der Waals surface area (Å²) < 4.78 is 6.19. The van der Waals surface area contributed by atoms with Crippen molar-refractivity contribution in [2.24, 2.45) is 5.92 Å². The minimum Gasteiger partial charge on any atom is -0.372 e. The van der Waals surface area contributed by atoms with Crippen molar-refractivity contribution in [1.82, 2.24) is 9.80 Å². The molecule has 0 saturated carbocycles. The van der Waals surface area contributed by atoms with Crippen LogP contribution in [0.3, 0.4) is 0 Å². The van der Waals surface area contributed by atoms with Crippen LogP contribution < -0.4 is 0 Å². The van der Waals surface area contributed by atoms with E-state index in [9.17, 15) is 0 Å². The Morgan fingerprint density at radius 2 is 2.21 bits per heavy atom. The molecule has 2 aliphatic rings. The molecule has 0 spiro atoms. The smallest absolute Gasteiger partial charge is 0.0747 e. The molecule has 3 nitrogen and oxygen atoms in total. The summed E-state index contributed by atoms with van der Waals surface area (Å²) in [5.74, 6) is 0.756. The first-order valence-corrected chi connectivity index (χ1v) is 7.99. The van der Waals surface area contributed by atoms with Crippen LogP contribution in [0, 0.1) is 12.8 Å². The van der Waals surface area contributed by atoms with Crippen molar-refractivity contribution in [1.29, 1.82) is 0 Å². The van der Waals surface area contributed by atoms with Gasteiger partial charge in [0.1, 0.15) is 0 Å². The number of rotatable bonds is 4. The third kappa shape index (κ3) is 3.19. The minimum atomic E-state index is 0.455. The Morgan fingerprint density at radius 1 is 1.37 bits per heavy atom. The summed E-state index contributed by atoms with van der Waals surface area (Å²) in [4.78, 5) is 7.70. The average molecular weight is 280 g/mol. The number of nitrogens with zero attached hydrogens (tertiary/aromatic N) is 2. The third-order valence-corrected chi connectivity index (χ3v) is 5.12. The van der Waals surface area contributed by atoms with Crippen LogP contribution in [-0.2, 0) is 11.3 Å². The van der Waals surface area contributed by atoms with E-state index in [4.69, 9.17) is 4.74 Å². The van der Waals surface area contributed by atoms with E-state index in [1.807, 2.05) is 11.3 Å². The Balaban J connectivity index is 1.51. The minimum absolute atomic E-state index is 0.455. The first kappa shape index (κ1) is 13.6. The van der Waals surface area contributed by atoms with Crippen molar-refractivity contribution in [2.45, 2.75) is 32.1 Å². The zero-order valence-electron chi connectivity index (χ0n) is 12.1. The molecule has 19 heavy (non-hydrogen) atoms. The molecule has 0 aromatic carbocycles. The van der Waals surface area contributed by atoms with E-state index in [1.54, 1.807) is 0 Å². The molecule has 0 bridgehead atoms. The Morgan fingerprint density at radius 3 is 2.84 bits per heavy atom. The summed E-state index contributed by atoms with van der Waals surface area (Å²) in [6.07, 6.45) is 2.17. The van der Waals surface area contributed by atoms with Crippen LogP contribution in [0.2, 0.25) is 0 Å². The molecule has 0 aliphatic carbocycles. The quantitative estimate of drug-likeness (QED) is 0.841. The van der Waals surface area contributed by atoms with Crippen LogP contribution in [0.4, 0.5) is 0 Å². The van der Waals surface area contributed by atoms with Gasteiger partial charge in [0.15, 0.2) is 0 Å².